The molecule has 0 radical (unpaired) electrons. The van der Waals surface area contributed by atoms with Crippen LogP contribution in [-0.4, -0.2) is 36.8 Å². The molecular weight excluding hydrogens is 475 g/mol. The molecule has 0 saturated carbocycles. The van der Waals surface area contributed by atoms with Gasteiger partial charge in [0.2, 0.25) is 0 Å². The minimum absolute atomic E-state index is 0.385. The molecule has 4 aromatic rings. The maximum atomic E-state index is 11.2. The lowest BCUT2D eigenvalue weighted by molar-refractivity contribution is 0.111. The molecule has 0 spiro atoms. The first-order valence-corrected chi connectivity index (χ1v) is 10.8. The SMILES string of the molecule is COc1cc(-c2nccc(-c3ccnc(-c4ccc(C=O)c(OC)c4)c3Cl)c2Cl)ccc1C=O. The largest absolute Gasteiger partial charge is 0.496 e. The lowest BCUT2D eigenvalue weighted by atomic mass is 10.0. The average molecular weight is 493 g/mol. The van der Waals surface area contributed by atoms with E-state index in [2.05, 4.69) is 9.97 Å². The third-order valence-corrected chi connectivity index (χ3v) is 6.10. The number of halogens is 2. The van der Waals surface area contributed by atoms with Crippen molar-refractivity contribution in [3.8, 4) is 45.1 Å². The Kier molecular flexibility index (Phi) is 6.91. The van der Waals surface area contributed by atoms with Crippen molar-refractivity contribution in [2.45, 2.75) is 0 Å². The number of ether oxygens (including phenoxy) is 2. The predicted octanol–water partition coefficient (Wildman–Crippen LogP) is 6.43. The zero-order valence-electron chi connectivity index (χ0n) is 18.2. The van der Waals surface area contributed by atoms with Gasteiger partial charge in [-0.2, -0.15) is 0 Å². The van der Waals surface area contributed by atoms with Crippen LogP contribution in [0, 0.1) is 0 Å². The van der Waals surface area contributed by atoms with Gasteiger partial charge in [-0.25, -0.2) is 0 Å². The molecule has 0 amide bonds. The van der Waals surface area contributed by atoms with Crippen molar-refractivity contribution in [1.82, 2.24) is 9.97 Å². The van der Waals surface area contributed by atoms with E-state index in [0.717, 1.165) is 12.6 Å². The summed E-state index contributed by atoms with van der Waals surface area (Å²) in [6, 6.07) is 13.8. The Morgan fingerprint density at radius 1 is 0.676 bits per heavy atom. The highest BCUT2D eigenvalue weighted by Gasteiger charge is 2.18. The fourth-order valence-electron chi connectivity index (χ4n) is 3.62. The number of hydrogen-bond acceptors (Lipinski definition) is 6. The lowest BCUT2D eigenvalue weighted by Gasteiger charge is -2.14. The van der Waals surface area contributed by atoms with E-state index in [4.69, 9.17) is 32.7 Å². The first-order valence-electron chi connectivity index (χ1n) is 10.1. The number of rotatable bonds is 7. The minimum Gasteiger partial charge on any atom is -0.496 e. The Balaban J connectivity index is 1.83. The van der Waals surface area contributed by atoms with Gasteiger partial charge < -0.3 is 9.47 Å². The Morgan fingerprint density at radius 3 is 1.44 bits per heavy atom. The van der Waals surface area contributed by atoms with Crippen LogP contribution in [0.4, 0.5) is 0 Å². The summed E-state index contributed by atoms with van der Waals surface area (Å²) in [4.78, 5) is 31.3. The van der Waals surface area contributed by atoms with E-state index < -0.39 is 0 Å². The van der Waals surface area contributed by atoms with Crippen LogP contribution in [0.2, 0.25) is 10.0 Å². The lowest BCUT2D eigenvalue weighted by Crippen LogP contribution is -1.95. The van der Waals surface area contributed by atoms with Crippen molar-refractivity contribution in [2.75, 3.05) is 14.2 Å². The number of aromatic nitrogens is 2. The van der Waals surface area contributed by atoms with Gasteiger partial charge in [0.25, 0.3) is 0 Å². The predicted molar refractivity (Wildman–Crippen MR) is 132 cm³/mol. The molecule has 0 aliphatic heterocycles. The summed E-state index contributed by atoms with van der Waals surface area (Å²) in [5, 5.41) is 0.771. The van der Waals surface area contributed by atoms with E-state index in [1.54, 1.807) is 60.9 Å². The second-order valence-corrected chi connectivity index (χ2v) is 7.95. The van der Waals surface area contributed by atoms with Crippen LogP contribution in [0.3, 0.4) is 0 Å². The van der Waals surface area contributed by atoms with Crippen molar-refractivity contribution >= 4 is 35.8 Å². The number of nitrogens with zero attached hydrogens (tertiary/aromatic N) is 2. The van der Waals surface area contributed by atoms with Gasteiger partial charge in [0.15, 0.2) is 12.6 Å². The zero-order valence-corrected chi connectivity index (χ0v) is 19.7. The van der Waals surface area contributed by atoms with E-state index in [0.29, 0.717) is 66.3 Å². The van der Waals surface area contributed by atoms with Crippen LogP contribution in [-0.2, 0) is 0 Å². The summed E-state index contributed by atoms with van der Waals surface area (Å²) in [5.74, 6) is 0.848. The molecule has 2 aromatic heterocycles. The van der Waals surface area contributed by atoms with Crippen molar-refractivity contribution in [2.24, 2.45) is 0 Å². The highest BCUT2D eigenvalue weighted by molar-refractivity contribution is 6.39. The van der Waals surface area contributed by atoms with Crippen LogP contribution < -0.4 is 9.47 Å². The molecule has 0 aliphatic rings. The molecule has 0 fully saturated rings. The van der Waals surface area contributed by atoms with Crippen LogP contribution in [0.25, 0.3) is 33.6 Å². The summed E-state index contributed by atoms with van der Waals surface area (Å²) in [5.41, 5.74) is 4.59. The van der Waals surface area contributed by atoms with Crippen molar-refractivity contribution in [1.29, 1.82) is 0 Å². The van der Waals surface area contributed by atoms with E-state index in [-0.39, 0.29) is 0 Å². The fraction of sp³-hybridized carbons (Fsp3) is 0.0769. The van der Waals surface area contributed by atoms with Gasteiger partial charge in [0, 0.05) is 34.6 Å². The van der Waals surface area contributed by atoms with Gasteiger partial charge >= 0.3 is 0 Å². The molecule has 8 heteroatoms. The summed E-state index contributed by atoms with van der Waals surface area (Å²) in [6.07, 6.45) is 4.72. The molecule has 0 atom stereocenters. The maximum absolute atomic E-state index is 11.2. The number of benzene rings is 2. The normalized spacial score (nSPS) is 10.6. The Hall–Kier alpha value is -3.74. The van der Waals surface area contributed by atoms with Crippen molar-refractivity contribution in [3.63, 3.8) is 0 Å². The highest BCUT2D eigenvalue weighted by Crippen LogP contribution is 2.41. The van der Waals surface area contributed by atoms with Gasteiger partial charge in [0.1, 0.15) is 11.5 Å². The number of carbonyl (C=O) groups excluding carboxylic acids is 2. The number of hydrogen-bond donors (Lipinski definition) is 0. The molecule has 0 unspecified atom stereocenters. The molecule has 0 N–H and O–H groups in total. The standard InChI is InChI=1S/C26H18Cl2N2O4/c1-33-21-11-15(3-5-17(21)13-31)25-23(27)19(7-9-29-25)20-8-10-30-26(24(20)28)16-4-6-18(14-32)22(12-16)34-2/h3-14H,1-2H3. The number of aldehydes is 2. The smallest absolute Gasteiger partial charge is 0.153 e. The monoisotopic (exact) mass is 492 g/mol. The summed E-state index contributed by atoms with van der Waals surface area (Å²) in [7, 11) is 2.99. The van der Waals surface area contributed by atoms with Crippen LogP contribution in [0.5, 0.6) is 11.5 Å². The molecule has 0 aliphatic carbocycles. The summed E-state index contributed by atoms with van der Waals surface area (Å²) >= 11 is 13.6. The Labute approximate surface area is 206 Å². The first kappa shape index (κ1) is 23.4. The van der Waals surface area contributed by atoms with E-state index >= 15 is 0 Å². The van der Waals surface area contributed by atoms with E-state index in [9.17, 15) is 9.59 Å². The third kappa shape index (κ3) is 4.25. The summed E-state index contributed by atoms with van der Waals surface area (Å²) < 4.78 is 10.6. The number of methoxy groups -OCH3 is 2. The summed E-state index contributed by atoms with van der Waals surface area (Å²) in [6.45, 7) is 0. The van der Waals surface area contributed by atoms with Gasteiger partial charge in [-0.05, 0) is 36.4 Å². The quantitative estimate of drug-likeness (QED) is 0.276. The molecule has 0 saturated heterocycles. The minimum atomic E-state index is 0.385. The van der Waals surface area contributed by atoms with Crippen LogP contribution in [0.1, 0.15) is 20.7 Å². The van der Waals surface area contributed by atoms with Crippen LogP contribution >= 0.6 is 23.2 Å². The van der Waals surface area contributed by atoms with E-state index in [1.807, 2.05) is 0 Å². The van der Waals surface area contributed by atoms with Crippen molar-refractivity contribution < 1.29 is 19.1 Å². The van der Waals surface area contributed by atoms with Crippen molar-refractivity contribution in [3.05, 3.63) is 82.1 Å². The molecule has 2 heterocycles. The fourth-order valence-corrected chi connectivity index (χ4v) is 4.26. The average Bonchev–Trinajstić information content (AvgIpc) is 2.88. The van der Waals surface area contributed by atoms with Gasteiger partial charge in [0.05, 0.1) is 46.8 Å². The molecule has 6 nitrogen and oxygen atoms in total. The number of carbonyl (C=O) groups is 2. The first-order chi connectivity index (χ1) is 16.5. The Bertz CT molecular complexity index is 1300. The topological polar surface area (TPSA) is 78.4 Å². The van der Waals surface area contributed by atoms with Gasteiger partial charge in [-0.1, -0.05) is 35.3 Å². The van der Waals surface area contributed by atoms with Gasteiger partial charge in [-0.3, -0.25) is 19.6 Å². The second kappa shape index (κ2) is 10.0. The zero-order chi connectivity index (χ0) is 24.2. The number of pyridine rings is 2. The molecule has 2 aromatic carbocycles. The molecule has 34 heavy (non-hydrogen) atoms. The highest BCUT2D eigenvalue weighted by atomic mass is 35.5. The maximum Gasteiger partial charge on any atom is 0.153 e. The van der Waals surface area contributed by atoms with E-state index in [1.165, 1.54) is 14.2 Å². The third-order valence-electron chi connectivity index (χ3n) is 5.34. The molecule has 170 valence electrons. The molecular formula is C26H18Cl2N2O4. The van der Waals surface area contributed by atoms with Crippen LogP contribution in [0.15, 0.2) is 60.9 Å². The molecule has 0 bridgehead atoms. The van der Waals surface area contributed by atoms with Gasteiger partial charge in [-0.15, -0.1) is 0 Å². The molecule has 4 rings (SSSR count). The Morgan fingerprint density at radius 2 is 1.09 bits per heavy atom. The second-order valence-electron chi connectivity index (χ2n) is 7.19.